The van der Waals surface area contributed by atoms with Crippen molar-refractivity contribution in [3.63, 3.8) is 0 Å². The first kappa shape index (κ1) is 14.5. The third-order valence-corrected chi connectivity index (χ3v) is 1.75. The molecule has 0 aromatic carbocycles. The first-order valence-electron chi connectivity index (χ1n) is 5.49. The average molecular weight is 173 g/mol. The molecule has 0 fully saturated rings. The molecule has 0 aromatic heterocycles. The van der Waals surface area contributed by atoms with Gasteiger partial charge in [0.25, 0.3) is 0 Å². The van der Waals surface area contributed by atoms with Gasteiger partial charge >= 0.3 is 0 Å². The van der Waals surface area contributed by atoms with Crippen LogP contribution in [0.5, 0.6) is 0 Å². The van der Waals surface area contributed by atoms with Crippen molar-refractivity contribution in [3.05, 3.63) is 0 Å². The minimum absolute atomic E-state index is 1.25. The van der Waals surface area contributed by atoms with Crippen molar-refractivity contribution in [2.75, 3.05) is 20.1 Å². The molecule has 0 N–H and O–H groups in total. The molecule has 0 saturated heterocycles. The van der Waals surface area contributed by atoms with E-state index in [0.717, 1.165) is 0 Å². The second-order valence-electron chi connectivity index (χ2n) is 3.01. The SMILES string of the molecule is CC.CCCCCN(C)CCC. The summed E-state index contributed by atoms with van der Waals surface area (Å²) in [6.07, 6.45) is 5.36. The number of unbranched alkanes of at least 4 members (excludes halogenated alkanes) is 2. The Bertz CT molecular complexity index is 62.0. The van der Waals surface area contributed by atoms with Gasteiger partial charge in [-0.3, -0.25) is 0 Å². The van der Waals surface area contributed by atoms with Crippen LogP contribution in [0.15, 0.2) is 0 Å². The molecule has 0 rings (SSSR count). The fraction of sp³-hybridized carbons (Fsp3) is 1.00. The van der Waals surface area contributed by atoms with E-state index in [1.165, 1.54) is 38.8 Å². The van der Waals surface area contributed by atoms with Crippen LogP contribution < -0.4 is 0 Å². The van der Waals surface area contributed by atoms with Crippen LogP contribution in [0.4, 0.5) is 0 Å². The third-order valence-electron chi connectivity index (χ3n) is 1.75. The van der Waals surface area contributed by atoms with Crippen molar-refractivity contribution < 1.29 is 0 Å². The summed E-state index contributed by atoms with van der Waals surface area (Å²) in [6.45, 7) is 11.0. The monoisotopic (exact) mass is 173 g/mol. The van der Waals surface area contributed by atoms with Gasteiger partial charge in [-0.2, -0.15) is 0 Å². The van der Waals surface area contributed by atoms with E-state index in [0.29, 0.717) is 0 Å². The van der Waals surface area contributed by atoms with Gasteiger partial charge in [0.2, 0.25) is 0 Å². The summed E-state index contributed by atoms with van der Waals surface area (Å²) in [7, 11) is 2.21. The van der Waals surface area contributed by atoms with E-state index in [4.69, 9.17) is 0 Å². The van der Waals surface area contributed by atoms with Crippen LogP contribution in [-0.2, 0) is 0 Å². The molecular weight excluding hydrogens is 146 g/mol. The van der Waals surface area contributed by atoms with Gasteiger partial charge in [0.1, 0.15) is 0 Å². The number of rotatable bonds is 6. The van der Waals surface area contributed by atoms with E-state index < -0.39 is 0 Å². The van der Waals surface area contributed by atoms with Gasteiger partial charge in [0, 0.05) is 0 Å². The molecule has 0 aromatic rings. The number of nitrogens with zero attached hydrogens (tertiary/aromatic N) is 1. The Morgan fingerprint density at radius 3 is 1.83 bits per heavy atom. The Balaban J connectivity index is 0. The van der Waals surface area contributed by atoms with Gasteiger partial charge in [-0.05, 0) is 33.0 Å². The van der Waals surface area contributed by atoms with Crippen LogP contribution in [0, 0.1) is 0 Å². The molecule has 0 saturated carbocycles. The van der Waals surface area contributed by atoms with Crippen molar-refractivity contribution in [2.24, 2.45) is 0 Å². The minimum Gasteiger partial charge on any atom is -0.306 e. The quantitative estimate of drug-likeness (QED) is 0.555. The fourth-order valence-electron chi connectivity index (χ4n) is 1.13. The first-order valence-corrected chi connectivity index (χ1v) is 5.49. The van der Waals surface area contributed by atoms with E-state index in [2.05, 4.69) is 25.8 Å². The molecule has 1 nitrogen and oxygen atoms in total. The summed E-state index contributed by atoms with van der Waals surface area (Å²) < 4.78 is 0. The van der Waals surface area contributed by atoms with E-state index in [9.17, 15) is 0 Å². The van der Waals surface area contributed by atoms with Crippen molar-refractivity contribution >= 4 is 0 Å². The van der Waals surface area contributed by atoms with Crippen LogP contribution in [-0.4, -0.2) is 25.0 Å². The number of hydrogen-bond acceptors (Lipinski definition) is 1. The Kier molecular flexibility index (Phi) is 16.3. The highest BCUT2D eigenvalue weighted by Gasteiger charge is 1.93. The highest BCUT2D eigenvalue weighted by molar-refractivity contribution is 4.49. The summed E-state index contributed by atoms with van der Waals surface area (Å²) in [5.74, 6) is 0. The lowest BCUT2D eigenvalue weighted by molar-refractivity contribution is 0.326. The van der Waals surface area contributed by atoms with Gasteiger partial charge < -0.3 is 4.90 Å². The van der Waals surface area contributed by atoms with Crippen molar-refractivity contribution in [2.45, 2.75) is 53.4 Å². The molecule has 0 radical (unpaired) electrons. The third kappa shape index (κ3) is 12.6. The lowest BCUT2D eigenvalue weighted by Crippen LogP contribution is -2.20. The molecule has 0 spiro atoms. The highest BCUT2D eigenvalue weighted by Crippen LogP contribution is 1.96. The summed E-state index contributed by atoms with van der Waals surface area (Å²) in [4.78, 5) is 2.41. The average Bonchev–Trinajstić information content (AvgIpc) is 2.09. The van der Waals surface area contributed by atoms with Gasteiger partial charge in [-0.1, -0.05) is 40.5 Å². The Labute approximate surface area is 79.2 Å². The molecule has 0 heterocycles. The smallest absolute Gasteiger partial charge is 0.00218 e. The summed E-state index contributed by atoms with van der Waals surface area (Å²) in [5.41, 5.74) is 0. The summed E-state index contributed by atoms with van der Waals surface area (Å²) in [5, 5.41) is 0. The molecule has 0 aliphatic heterocycles. The molecule has 0 unspecified atom stereocenters. The molecule has 0 amide bonds. The largest absolute Gasteiger partial charge is 0.306 e. The number of hydrogen-bond donors (Lipinski definition) is 0. The molecule has 0 atom stereocenters. The standard InChI is InChI=1S/C9H21N.C2H6/c1-4-6-7-9-10(3)8-5-2;1-2/h4-9H2,1-3H3;1-2H3. The predicted molar refractivity (Wildman–Crippen MR) is 58.7 cm³/mol. The maximum absolute atomic E-state index is 2.41. The Morgan fingerprint density at radius 1 is 0.833 bits per heavy atom. The molecule has 12 heavy (non-hydrogen) atoms. The highest BCUT2D eigenvalue weighted by atomic mass is 15.1. The van der Waals surface area contributed by atoms with Crippen molar-refractivity contribution in [1.29, 1.82) is 0 Å². The summed E-state index contributed by atoms with van der Waals surface area (Å²) >= 11 is 0. The van der Waals surface area contributed by atoms with E-state index in [1.807, 2.05) is 13.8 Å². The molecule has 1 heteroatoms. The maximum atomic E-state index is 2.41. The zero-order valence-electron chi connectivity index (χ0n) is 9.69. The first-order chi connectivity index (χ1) is 5.81. The lowest BCUT2D eigenvalue weighted by Gasteiger charge is -2.14. The fourth-order valence-corrected chi connectivity index (χ4v) is 1.13. The molecule has 0 bridgehead atoms. The molecular formula is C11H27N. The van der Waals surface area contributed by atoms with Crippen LogP contribution >= 0.6 is 0 Å². The van der Waals surface area contributed by atoms with E-state index in [-0.39, 0.29) is 0 Å². The van der Waals surface area contributed by atoms with Crippen LogP contribution in [0.25, 0.3) is 0 Å². The lowest BCUT2D eigenvalue weighted by atomic mass is 10.2. The zero-order valence-corrected chi connectivity index (χ0v) is 9.69. The summed E-state index contributed by atoms with van der Waals surface area (Å²) in [6, 6.07) is 0. The zero-order chi connectivity index (χ0) is 9.82. The van der Waals surface area contributed by atoms with Gasteiger partial charge in [-0.15, -0.1) is 0 Å². The Hall–Kier alpha value is -0.0400. The normalized spacial score (nSPS) is 9.50. The van der Waals surface area contributed by atoms with E-state index >= 15 is 0 Å². The van der Waals surface area contributed by atoms with Crippen molar-refractivity contribution in [1.82, 2.24) is 4.90 Å². The van der Waals surface area contributed by atoms with Gasteiger partial charge in [0.15, 0.2) is 0 Å². The topological polar surface area (TPSA) is 3.24 Å². The molecule has 0 aliphatic rings. The van der Waals surface area contributed by atoms with Crippen LogP contribution in [0.1, 0.15) is 53.4 Å². The molecule has 0 aliphatic carbocycles. The Morgan fingerprint density at radius 2 is 1.42 bits per heavy atom. The maximum Gasteiger partial charge on any atom is -0.00218 e. The van der Waals surface area contributed by atoms with Crippen LogP contribution in [0.2, 0.25) is 0 Å². The van der Waals surface area contributed by atoms with Gasteiger partial charge in [-0.25, -0.2) is 0 Å². The van der Waals surface area contributed by atoms with Crippen molar-refractivity contribution in [3.8, 4) is 0 Å². The van der Waals surface area contributed by atoms with E-state index in [1.54, 1.807) is 0 Å². The second kappa shape index (κ2) is 13.5. The van der Waals surface area contributed by atoms with Crippen LogP contribution in [0.3, 0.4) is 0 Å². The predicted octanol–water partition coefficient (Wildman–Crippen LogP) is 3.54. The second-order valence-corrected chi connectivity index (χ2v) is 3.01. The minimum atomic E-state index is 1.25. The van der Waals surface area contributed by atoms with Gasteiger partial charge in [0.05, 0.1) is 0 Å². The molecule has 76 valence electrons.